The molecule has 2 N–H and O–H groups in total. The summed E-state index contributed by atoms with van der Waals surface area (Å²) >= 11 is 0. The van der Waals surface area contributed by atoms with Gasteiger partial charge in [-0.2, -0.15) is 0 Å². The molecule has 2 heteroatoms. The Balaban J connectivity index is 1.72. The Morgan fingerprint density at radius 2 is 1.81 bits per heavy atom. The van der Waals surface area contributed by atoms with Crippen molar-refractivity contribution in [2.24, 2.45) is 11.7 Å². The second kappa shape index (κ2) is 6.02. The molecule has 2 nitrogen and oxygen atoms in total. The lowest BCUT2D eigenvalue weighted by atomic mass is 9.97. The molecule has 16 heavy (non-hydrogen) atoms. The van der Waals surface area contributed by atoms with Crippen molar-refractivity contribution in [3.8, 4) is 0 Å². The number of piperidine rings is 1. The van der Waals surface area contributed by atoms with Gasteiger partial charge in [-0.3, -0.25) is 0 Å². The molecule has 1 aliphatic heterocycles. The molecule has 1 saturated heterocycles. The SMILES string of the molecule is NCC1CCN(CCc2ccccc2)CC1. The van der Waals surface area contributed by atoms with E-state index in [1.54, 1.807) is 0 Å². The van der Waals surface area contributed by atoms with Gasteiger partial charge in [0.1, 0.15) is 0 Å². The number of rotatable bonds is 4. The minimum absolute atomic E-state index is 0.771. The fraction of sp³-hybridized carbons (Fsp3) is 0.571. The number of benzene rings is 1. The van der Waals surface area contributed by atoms with Crippen LogP contribution in [0.4, 0.5) is 0 Å². The molecule has 0 aromatic heterocycles. The van der Waals surface area contributed by atoms with Gasteiger partial charge in [0.25, 0.3) is 0 Å². The molecule has 1 aliphatic rings. The predicted molar refractivity (Wildman–Crippen MR) is 68.4 cm³/mol. The molecular weight excluding hydrogens is 196 g/mol. The van der Waals surface area contributed by atoms with Gasteiger partial charge < -0.3 is 10.6 Å². The fourth-order valence-electron chi connectivity index (χ4n) is 2.38. The minimum atomic E-state index is 0.771. The van der Waals surface area contributed by atoms with Crippen LogP contribution in [0.25, 0.3) is 0 Å². The largest absolute Gasteiger partial charge is 0.330 e. The Morgan fingerprint density at radius 3 is 2.44 bits per heavy atom. The van der Waals surface area contributed by atoms with Crippen molar-refractivity contribution >= 4 is 0 Å². The standard InChI is InChI=1S/C14H22N2/c15-12-14-7-10-16(11-8-14)9-6-13-4-2-1-3-5-13/h1-5,14H,6-12,15H2. The van der Waals surface area contributed by atoms with Crippen LogP contribution in [0.2, 0.25) is 0 Å². The maximum atomic E-state index is 5.70. The molecule has 0 spiro atoms. The van der Waals surface area contributed by atoms with E-state index in [0.29, 0.717) is 0 Å². The normalized spacial score (nSPS) is 18.8. The lowest BCUT2D eigenvalue weighted by molar-refractivity contribution is 0.189. The summed E-state index contributed by atoms with van der Waals surface area (Å²) in [7, 11) is 0. The zero-order valence-corrected chi connectivity index (χ0v) is 9.94. The van der Waals surface area contributed by atoms with Gasteiger partial charge >= 0.3 is 0 Å². The first-order valence-electron chi connectivity index (χ1n) is 6.35. The van der Waals surface area contributed by atoms with Crippen LogP contribution < -0.4 is 5.73 Å². The summed E-state index contributed by atoms with van der Waals surface area (Å²) in [6.45, 7) is 4.53. The van der Waals surface area contributed by atoms with Crippen LogP contribution in [-0.2, 0) is 6.42 Å². The monoisotopic (exact) mass is 218 g/mol. The molecule has 1 heterocycles. The van der Waals surface area contributed by atoms with Crippen molar-refractivity contribution in [2.45, 2.75) is 19.3 Å². The second-order valence-corrected chi connectivity index (χ2v) is 4.76. The van der Waals surface area contributed by atoms with E-state index in [1.165, 1.54) is 44.5 Å². The van der Waals surface area contributed by atoms with Crippen LogP contribution in [-0.4, -0.2) is 31.1 Å². The molecule has 0 radical (unpaired) electrons. The molecule has 0 atom stereocenters. The number of nitrogens with zero attached hydrogens (tertiary/aromatic N) is 1. The zero-order valence-electron chi connectivity index (χ0n) is 9.94. The third-order valence-corrected chi connectivity index (χ3v) is 3.60. The molecule has 2 rings (SSSR count). The average molecular weight is 218 g/mol. The molecule has 1 fully saturated rings. The fourth-order valence-corrected chi connectivity index (χ4v) is 2.38. The van der Waals surface area contributed by atoms with Crippen molar-refractivity contribution in [1.29, 1.82) is 0 Å². The van der Waals surface area contributed by atoms with E-state index >= 15 is 0 Å². The van der Waals surface area contributed by atoms with Gasteiger partial charge in [0.2, 0.25) is 0 Å². The van der Waals surface area contributed by atoms with Gasteiger partial charge in [-0.05, 0) is 50.4 Å². The first-order valence-corrected chi connectivity index (χ1v) is 6.35. The molecule has 1 aromatic rings. The molecule has 0 aliphatic carbocycles. The van der Waals surface area contributed by atoms with E-state index in [0.717, 1.165) is 12.5 Å². The third kappa shape index (κ3) is 3.32. The average Bonchev–Trinajstić information content (AvgIpc) is 2.38. The van der Waals surface area contributed by atoms with Crippen LogP contribution in [0.15, 0.2) is 30.3 Å². The van der Waals surface area contributed by atoms with Crippen molar-refractivity contribution < 1.29 is 0 Å². The molecule has 0 bridgehead atoms. The topological polar surface area (TPSA) is 29.3 Å². The summed E-state index contributed by atoms with van der Waals surface area (Å²) in [6.07, 6.45) is 3.74. The maximum Gasteiger partial charge on any atom is 0.00218 e. The highest BCUT2D eigenvalue weighted by atomic mass is 15.1. The molecule has 1 aromatic carbocycles. The van der Waals surface area contributed by atoms with Crippen molar-refractivity contribution in [2.75, 3.05) is 26.2 Å². The zero-order chi connectivity index (χ0) is 11.2. The van der Waals surface area contributed by atoms with Gasteiger partial charge in [-0.1, -0.05) is 30.3 Å². The molecule has 0 amide bonds. The lowest BCUT2D eigenvalue weighted by Crippen LogP contribution is -2.37. The summed E-state index contributed by atoms with van der Waals surface area (Å²) in [6, 6.07) is 10.8. The Morgan fingerprint density at radius 1 is 1.12 bits per heavy atom. The second-order valence-electron chi connectivity index (χ2n) is 4.76. The van der Waals surface area contributed by atoms with Crippen LogP contribution in [0, 0.1) is 5.92 Å². The van der Waals surface area contributed by atoms with E-state index < -0.39 is 0 Å². The van der Waals surface area contributed by atoms with Crippen LogP contribution in [0.3, 0.4) is 0 Å². The van der Waals surface area contributed by atoms with Gasteiger partial charge in [0, 0.05) is 6.54 Å². The van der Waals surface area contributed by atoms with Gasteiger partial charge in [0.15, 0.2) is 0 Å². The minimum Gasteiger partial charge on any atom is -0.330 e. The predicted octanol–water partition coefficient (Wildman–Crippen LogP) is 1.90. The summed E-state index contributed by atoms with van der Waals surface area (Å²) in [5.74, 6) is 0.771. The van der Waals surface area contributed by atoms with Crippen molar-refractivity contribution in [3.05, 3.63) is 35.9 Å². The highest BCUT2D eigenvalue weighted by Gasteiger charge is 2.17. The van der Waals surface area contributed by atoms with E-state index in [1.807, 2.05) is 0 Å². The maximum absolute atomic E-state index is 5.70. The third-order valence-electron chi connectivity index (χ3n) is 3.60. The van der Waals surface area contributed by atoms with Gasteiger partial charge in [-0.15, -0.1) is 0 Å². The van der Waals surface area contributed by atoms with Gasteiger partial charge in [-0.25, -0.2) is 0 Å². The van der Waals surface area contributed by atoms with E-state index in [-0.39, 0.29) is 0 Å². The number of nitrogens with two attached hydrogens (primary N) is 1. The quantitative estimate of drug-likeness (QED) is 0.836. The number of hydrogen-bond donors (Lipinski definition) is 1. The van der Waals surface area contributed by atoms with Crippen molar-refractivity contribution in [1.82, 2.24) is 4.90 Å². The van der Waals surface area contributed by atoms with E-state index in [2.05, 4.69) is 35.2 Å². The number of likely N-dealkylation sites (tertiary alicyclic amines) is 1. The lowest BCUT2D eigenvalue weighted by Gasteiger charge is -2.31. The van der Waals surface area contributed by atoms with Crippen molar-refractivity contribution in [3.63, 3.8) is 0 Å². The Labute approximate surface area is 98.4 Å². The number of hydrogen-bond acceptors (Lipinski definition) is 2. The molecule has 0 unspecified atom stereocenters. The smallest absolute Gasteiger partial charge is 0.00218 e. The Bertz CT molecular complexity index is 289. The highest BCUT2D eigenvalue weighted by Crippen LogP contribution is 2.15. The van der Waals surface area contributed by atoms with Gasteiger partial charge in [0.05, 0.1) is 0 Å². The summed E-state index contributed by atoms with van der Waals surface area (Å²) in [5, 5.41) is 0. The van der Waals surface area contributed by atoms with Crippen LogP contribution in [0.5, 0.6) is 0 Å². The summed E-state index contributed by atoms with van der Waals surface area (Å²) < 4.78 is 0. The Kier molecular flexibility index (Phi) is 4.37. The molecule has 88 valence electrons. The van der Waals surface area contributed by atoms with Crippen LogP contribution >= 0.6 is 0 Å². The highest BCUT2D eigenvalue weighted by molar-refractivity contribution is 5.14. The molecule has 0 saturated carbocycles. The summed E-state index contributed by atoms with van der Waals surface area (Å²) in [4.78, 5) is 2.57. The van der Waals surface area contributed by atoms with E-state index in [9.17, 15) is 0 Å². The first-order chi connectivity index (χ1) is 7.88. The first kappa shape index (κ1) is 11.6. The molecular formula is C14H22N2. The van der Waals surface area contributed by atoms with Crippen LogP contribution in [0.1, 0.15) is 18.4 Å². The van der Waals surface area contributed by atoms with E-state index in [4.69, 9.17) is 5.73 Å². The summed E-state index contributed by atoms with van der Waals surface area (Å²) in [5.41, 5.74) is 7.14. The Hall–Kier alpha value is -0.860.